The number of carboxylic acids is 1. The fraction of sp³-hybridized carbons (Fsp3) is 0.364. The van der Waals surface area contributed by atoms with Crippen LogP contribution in [0.3, 0.4) is 0 Å². The third kappa shape index (κ3) is 3.46. The van der Waals surface area contributed by atoms with Gasteiger partial charge in [-0.3, -0.25) is 9.69 Å². The Kier molecular flexibility index (Phi) is 5.00. The van der Waals surface area contributed by atoms with Gasteiger partial charge in [-0.2, -0.15) is 0 Å². The summed E-state index contributed by atoms with van der Waals surface area (Å²) in [5.41, 5.74) is 2.25. The molecule has 2 N–H and O–H groups in total. The van der Waals surface area contributed by atoms with E-state index in [1.807, 2.05) is 30.7 Å². The molecule has 3 heterocycles. The van der Waals surface area contributed by atoms with Crippen LogP contribution in [0.1, 0.15) is 41.4 Å². The van der Waals surface area contributed by atoms with Crippen molar-refractivity contribution in [2.75, 3.05) is 13.1 Å². The molecule has 2 aromatic heterocycles. The lowest BCUT2D eigenvalue weighted by atomic mass is 10.0. The number of nitrogens with zero attached hydrogens (tertiary/aromatic N) is 2. The zero-order valence-electron chi connectivity index (χ0n) is 16.6. The minimum atomic E-state index is -1.27. The summed E-state index contributed by atoms with van der Waals surface area (Å²) in [6.45, 7) is 4.78. The number of pyridine rings is 1. The first kappa shape index (κ1) is 19.4. The predicted octanol–water partition coefficient (Wildman–Crippen LogP) is 3.53. The number of rotatable bonds is 5. The topological polar surface area (TPSA) is 78.3 Å². The molecule has 7 heteroatoms. The predicted molar refractivity (Wildman–Crippen MR) is 110 cm³/mol. The van der Waals surface area contributed by atoms with E-state index in [-0.39, 0.29) is 11.4 Å². The highest BCUT2D eigenvalue weighted by molar-refractivity contribution is 5.89. The van der Waals surface area contributed by atoms with Gasteiger partial charge in [-0.05, 0) is 62.2 Å². The number of carbonyl (C=O) groups is 1. The number of hydrogen-bond donors (Lipinski definition) is 2. The molecular formula is C22H24FN3O3. The van der Waals surface area contributed by atoms with Crippen LogP contribution in [0.15, 0.2) is 29.1 Å². The van der Waals surface area contributed by atoms with Crippen molar-refractivity contribution in [3.05, 3.63) is 57.3 Å². The van der Waals surface area contributed by atoms with Crippen LogP contribution >= 0.6 is 0 Å². The minimum absolute atomic E-state index is 0.306. The van der Waals surface area contributed by atoms with Crippen LogP contribution in [-0.4, -0.2) is 38.6 Å². The number of fused-ring (bicyclic) bond motifs is 1. The molecule has 4 rings (SSSR count). The van der Waals surface area contributed by atoms with E-state index in [9.17, 15) is 14.7 Å². The molecule has 0 bridgehead atoms. The lowest BCUT2D eigenvalue weighted by Crippen LogP contribution is -2.19. The molecule has 3 aromatic rings. The molecule has 0 unspecified atom stereocenters. The second-order valence-electron chi connectivity index (χ2n) is 7.64. The summed E-state index contributed by atoms with van der Waals surface area (Å²) in [4.78, 5) is 28.5. The third-order valence-electron chi connectivity index (χ3n) is 5.79. The molecule has 1 aromatic carbocycles. The SMILES string of the molecule is CCc1cc(C(=O)O)c(=O)[nH]c1-c1cc(F)c2c(c1)cc(CN1CCCC1)n2C. The van der Waals surface area contributed by atoms with Crippen LogP contribution in [0.4, 0.5) is 4.39 Å². The van der Waals surface area contributed by atoms with Gasteiger partial charge in [0.2, 0.25) is 0 Å². The fourth-order valence-corrected chi connectivity index (χ4v) is 4.24. The average molecular weight is 397 g/mol. The largest absolute Gasteiger partial charge is 0.477 e. The summed E-state index contributed by atoms with van der Waals surface area (Å²) in [6, 6.07) is 6.64. The Morgan fingerprint density at radius 2 is 1.93 bits per heavy atom. The van der Waals surface area contributed by atoms with Crippen molar-refractivity contribution >= 4 is 16.9 Å². The number of H-pyrrole nitrogens is 1. The van der Waals surface area contributed by atoms with Crippen molar-refractivity contribution in [1.82, 2.24) is 14.5 Å². The number of nitrogens with one attached hydrogen (secondary N) is 1. The lowest BCUT2D eigenvalue weighted by molar-refractivity contribution is 0.0695. The van der Waals surface area contributed by atoms with Gasteiger partial charge in [-0.1, -0.05) is 6.92 Å². The second-order valence-corrected chi connectivity index (χ2v) is 7.64. The van der Waals surface area contributed by atoms with Gasteiger partial charge in [-0.15, -0.1) is 0 Å². The van der Waals surface area contributed by atoms with E-state index >= 15 is 4.39 Å². The Hall–Kier alpha value is -2.93. The monoisotopic (exact) mass is 397 g/mol. The number of hydrogen-bond acceptors (Lipinski definition) is 3. The summed E-state index contributed by atoms with van der Waals surface area (Å²) < 4.78 is 16.9. The zero-order valence-corrected chi connectivity index (χ0v) is 16.6. The number of aromatic amines is 1. The maximum Gasteiger partial charge on any atom is 0.341 e. The molecule has 1 aliphatic rings. The average Bonchev–Trinajstić information content (AvgIpc) is 3.30. The van der Waals surface area contributed by atoms with Gasteiger partial charge in [-0.25, -0.2) is 9.18 Å². The molecule has 1 saturated heterocycles. The molecule has 0 saturated carbocycles. The highest BCUT2D eigenvalue weighted by Gasteiger charge is 2.19. The Balaban J connectivity index is 1.82. The van der Waals surface area contributed by atoms with Gasteiger partial charge < -0.3 is 14.7 Å². The van der Waals surface area contributed by atoms with Gasteiger partial charge in [0.25, 0.3) is 5.56 Å². The van der Waals surface area contributed by atoms with E-state index in [0.29, 0.717) is 28.8 Å². The highest BCUT2D eigenvalue weighted by Crippen LogP contribution is 2.30. The maximum atomic E-state index is 15.0. The summed E-state index contributed by atoms with van der Waals surface area (Å²) in [5.74, 6) is -1.64. The number of carboxylic acid groups (broad SMARTS) is 1. The van der Waals surface area contributed by atoms with E-state index in [2.05, 4.69) is 9.88 Å². The Morgan fingerprint density at radius 3 is 2.59 bits per heavy atom. The van der Waals surface area contributed by atoms with Gasteiger partial charge in [0.1, 0.15) is 11.4 Å². The number of aromatic carboxylic acids is 1. The third-order valence-corrected chi connectivity index (χ3v) is 5.79. The van der Waals surface area contributed by atoms with Crippen molar-refractivity contribution in [3.63, 3.8) is 0 Å². The van der Waals surface area contributed by atoms with E-state index in [1.54, 1.807) is 0 Å². The molecule has 6 nitrogen and oxygen atoms in total. The van der Waals surface area contributed by atoms with Gasteiger partial charge >= 0.3 is 5.97 Å². The van der Waals surface area contributed by atoms with Crippen LogP contribution in [0.2, 0.25) is 0 Å². The molecule has 0 spiro atoms. The number of aromatic nitrogens is 2. The van der Waals surface area contributed by atoms with Crippen molar-refractivity contribution in [1.29, 1.82) is 0 Å². The van der Waals surface area contributed by atoms with Gasteiger partial charge in [0, 0.05) is 30.2 Å². The quantitative estimate of drug-likeness (QED) is 0.690. The summed E-state index contributed by atoms with van der Waals surface area (Å²) in [5, 5.41) is 9.96. The van der Waals surface area contributed by atoms with Crippen molar-refractivity contribution in [3.8, 4) is 11.3 Å². The maximum absolute atomic E-state index is 15.0. The van der Waals surface area contributed by atoms with Crippen molar-refractivity contribution < 1.29 is 14.3 Å². The standard InChI is InChI=1S/C22H24FN3O3/c1-3-13-10-17(22(28)29)21(27)24-19(13)14-8-15-9-16(12-26-6-4-5-7-26)25(2)20(15)18(23)11-14/h8-11H,3-7,12H2,1-2H3,(H,24,27)(H,28,29). The Morgan fingerprint density at radius 1 is 1.21 bits per heavy atom. The van der Waals surface area contributed by atoms with Crippen LogP contribution in [0.5, 0.6) is 0 Å². The summed E-state index contributed by atoms with van der Waals surface area (Å²) >= 11 is 0. The highest BCUT2D eigenvalue weighted by atomic mass is 19.1. The van der Waals surface area contributed by atoms with E-state index in [0.717, 1.165) is 30.7 Å². The number of halogens is 1. The number of likely N-dealkylation sites (tertiary alicyclic amines) is 1. The van der Waals surface area contributed by atoms with E-state index in [1.165, 1.54) is 25.0 Å². The first-order valence-corrected chi connectivity index (χ1v) is 9.89. The van der Waals surface area contributed by atoms with Crippen LogP contribution in [0, 0.1) is 5.82 Å². The molecule has 1 fully saturated rings. The Bertz CT molecular complexity index is 1160. The molecular weight excluding hydrogens is 373 g/mol. The van der Waals surface area contributed by atoms with Gasteiger partial charge in [0.05, 0.1) is 11.2 Å². The van der Waals surface area contributed by atoms with Crippen LogP contribution < -0.4 is 5.56 Å². The normalized spacial score (nSPS) is 14.7. The molecule has 29 heavy (non-hydrogen) atoms. The zero-order chi connectivity index (χ0) is 20.7. The molecule has 0 atom stereocenters. The van der Waals surface area contributed by atoms with Gasteiger partial charge in [0.15, 0.2) is 0 Å². The molecule has 1 aliphatic heterocycles. The van der Waals surface area contributed by atoms with Crippen LogP contribution in [-0.2, 0) is 20.0 Å². The first-order chi connectivity index (χ1) is 13.9. The fourth-order valence-electron chi connectivity index (χ4n) is 4.24. The van der Waals surface area contributed by atoms with Crippen LogP contribution in [0.25, 0.3) is 22.2 Å². The summed E-state index contributed by atoms with van der Waals surface area (Å²) in [6.07, 6.45) is 2.91. The summed E-state index contributed by atoms with van der Waals surface area (Å²) in [7, 11) is 1.87. The smallest absolute Gasteiger partial charge is 0.341 e. The van der Waals surface area contributed by atoms with E-state index < -0.39 is 11.5 Å². The molecule has 0 aliphatic carbocycles. The Labute approximate surface area is 167 Å². The van der Waals surface area contributed by atoms with E-state index in [4.69, 9.17) is 0 Å². The molecule has 152 valence electrons. The first-order valence-electron chi connectivity index (χ1n) is 9.89. The molecule has 0 amide bonds. The van der Waals surface area contributed by atoms with Crippen molar-refractivity contribution in [2.24, 2.45) is 7.05 Å². The second kappa shape index (κ2) is 7.48. The number of aryl methyl sites for hydroxylation is 2. The number of benzene rings is 1. The molecule has 0 radical (unpaired) electrons. The minimum Gasteiger partial charge on any atom is -0.477 e. The van der Waals surface area contributed by atoms with Crippen molar-refractivity contribution in [2.45, 2.75) is 32.7 Å². The lowest BCUT2D eigenvalue weighted by Gasteiger charge is -2.15.